The maximum atomic E-state index is 14.2. The number of rotatable bonds is 3. The van der Waals surface area contributed by atoms with Crippen LogP contribution in [0.15, 0.2) is 41.6 Å². The molecule has 0 saturated carbocycles. The lowest BCUT2D eigenvalue weighted by atomic mass is 9.71. The minimum Gasteiger partial charge on any atom is -0.507 e. The summed E-state index contributed by atoms with van der Waals surface area (Å²) in [5, 5.41) is 24.4. The predicted molar refractivity (Wildman–Crippen MR) is 146 cm³/mol. The fraction of sp³-hybridized carbons (Fsp3) is 0.452. The molecule has 0 fully saturated rings. The fourth-order valence-electron chi connectivity index (χ4n) is 5.51. The first-order valence-corrected chi connectivity index (χ1v) is 13.6. The summed E-state index contributed by atoms with van der Waals surface area (Å²) in [7, 11) is 0. The van der Waals surface area contributed by atoms with Crippen LogP contribution >= 0.6 is 0 Å². The third kappa shape index (κ3) is 5.06. The van der Waals surface area contributed by atoms with Gasteiger partial charge in [0.2, 0.25) is 11.7 Å². The van der Waals surface area contributed by atoms with E-state index < -0.39 is 52.6 Å². The molecule has 4 atom stereocenters. The van der Waals surface area contributed by atoms with Crippen LogP contribution in [-0.2, 0) is 14.3 Å². The molecule has 1 aromatic rings. The highest BCUT2D eigenvalue weighted by molar-refractivity contribution is 6.32. The lowest BCUT2D eigenvalue weighted by Gasteiger charge is -2.33. The molecule has 9 heteroatoms. The van der Waals surface area contributed by atoms with E-state index >= 15 is 0 Å². The van der Waals surface area contributed by atoms with E-state index in [1.54, 1.807) is 12.2 Å². The van der Waals surface area contributed by atoms with E-state index in [-0.39, 0.29) is 51.8 Å². The van der Waals surface area contributed by atoms with Gasteiger partial charge in [0.1, 0.15) is 23.4 Å². The number of hydrogen-bond donors (Lipinski definition) is 3. The number of benzene rings is 1. The molecule has 2 heterocycles. The van der Waals surface area contributed by atoms with Crippen molar-refractivity contribution in [3.8, 4) is 5.75 Å². The Morgan fingerprint density at radius 1 is 1.10 bits per heavy atom. The minimum atomic E-state index is -1.93. The van der Waals surface area contributed by atoms with Gasteiger partial charge in [0, 0.05) is 29.2 Å². The van der Waals surface area contributed by atoms with E-state index in [4.69, 9.17) is 4.74 Å². The van der Waals surface area contributed by atoms with Crippen molar-refractivity contribution in [1.82, 2.24) is 5.32 Å². The molecule has 0 unspecified atom stereocenters. The number of phenols is 1. The van der Waals surface area contributed by atoms with Gasteiger partial charge < -0.3 is 20.3 Å². The SMILES string of the molecule is CC[C@H]1/C=C/[C@H](O)[C@H](CC(C)C)OC(=O)[C@]2(C)C=CC(=O)NC3=C2C(=O)c2c(cc(C)c(O)c2C(=O)CC1)C3=O. The standard InChI is InChI=1S/C31H35NO8/c1-6-17-7-9-19(33)21(13-15(2)3)40-30(39)31(5)12-11-22(35)32-26-25(31)29(38)23-18(28(26)37)14-16(4)27(36)24(23)20(34)10-8-17/h7,9,11-12,14-15,17,19,21,33,36H,6,8,10,13H2,1-5H3,(H,32,35)/b9-7+/t17-,19-,21-,31+/m0/s1. The van der Waals surface area contributed by atoms with Gasteiger partial charge >= 0.3 is 5.97 Å². The molecule has 1 amide bonds. The summed E-state index contributed by atoms with van der Waals surface area (Å²) in [6.45, 7) is 8.62. The molecular formula is C31H35NO8. The number of hydrogen-bond acceptors (Lipinski definition) is 8. The van der Waals surface area contributed by atoms with Gasteiger partial charge in [0.15, 0.2) is 11.6 Å². The normalized spacial score (nSPS) is 28.1. The van der Waals surface area contributed by atoms with Gasteiger partial charge in [0.25, 0.3) is 0 Å². The smallest absolute Gasteiger partial charge is 0.320 e. The second-order valence-corrected chi connectivity index (χ2v) is 11.4. The number of esters is 1. The summed E-state index contributed by atoms with van der Waals surface area (Å²) in [5.74, 6) is -4.27. The molecule has 4 rings (SSSR count). The highest BCUT2D eigenvalue weighted by Gasteiger charge is 2.50. The summed E-state index contributed by atoms with van der Waals surface area (Å²) in [6, 6.07) is 1.31. The monoisotopic (exact) mass is 549 g/mol. The van der Waals surface area contributed by atoms with E-state index in [2.05, 4.69) is 5.32 Å². The van der Waals surface area contributed by atoms with Gasteiger partial charge in [-0.3, -0.25) is 24.0 Å². The van der Waals surface area contributed by atoms with Gasteiger partial charge in [-0.25, -0.2) is 0 Å². The molecule has 2 bridgehead atoms. The zero-order valence-electron chi connectivity index (χ0n) is 23.4. The summed E-state index contributed by atoms with van der Waals surface area (Å²) in [5.41, 5.74) is -3.15. The minimum absolute atomic E-state index is 0.0332. The Bertz CT molecular complexity index is 1400. The Hall–Kier alpha value is -3.85. The van der Waals surface area contributed by atoms with Crippen molar-refractivity contribution in [3.63, 3.8) is 0 Å². The predicted octanol–water partition coefficient (Wildman–Crippen LogP) is 3.90. The Morgan fingerprint density at radius 2 is 1.80 bits per heavy atom. The summed E-state index contributed by atoms with van der Waals surface area (Å²) in [4.78, 5) is 68.1. The number of Topliss-reactive ketones (excluding diaryl/α,β-unsaturated/α-hetero) is 3. The summed E-state index contributed by atoms with van der Waals surface area (Å²) >= 11 is 0. The molecule has 2 aliphatic heterocycles. The van der Waals surface area contributed by atoms with Crippen LogP contribution in [0.1, 0.15) is 90.0 Å². The first-order chi connectivity index (χ1) is 18.8. The molecule has 0 radical (unpaired) electrons. The average Bonchev–Trinajstić information content (AvgIpc) is 3.03. The van der Waals surface area contributed by atoms with Crippen LogP contribution in [-0.4, -0.2) is 51.6 Å². The molecule has 1 aliphatic carbocycles. The van der Waals surface area contributed by atoms with Gasteiger partial charge in [-0.15, -0.1) is 0 Å². The number of phenolic OH excluding ortho intramolecular Hbond substituents is 1. The maximum Gasteiger partial charge on any atom is 0.320 e. The van der Waals surface area contributed by atoms with E-state index in [9.17, 15) is 34.2 Å². The van der Waals surface area contributed by atoms with Crippen LogP contribution in [0.25, 0.3) is 0 Å². The van der Waals surface area contributed by atoms with Crippen LogP contribution < -0.4 is 5.32 Å². The zero-order chi connectivity index (χ0) is 29.5. The van der Waals surface area contributed by atoms with E-state index in [0.717, 1.165) is 6.08 Å². The fourth-order valence-corrected chi connectivity index (χ4v) is 5.51. The Kier molecular flexibility index (Phi) is 7.99. The molecule has 40 heavy (non-hydrogen) atoms. The van der Waals surface area contributed by atoms with Crippen LogP contribution in [0, 0.1) is 24.2 Å². The van der Waals surface area contributed by atoms with Crippen molar-refractivity contribution in [2.75, 3.05) is 0 Å². The van der Waals surface area contributed by atoms with E-state index in [1.165, 1.54) is 26.0 Å². The number of ketones is 3. The van der Waals surface area contributed by atoms with Gasteiger partial charge in [-0.1, -0.05) is 39.0 Å². The number of nitrogens with one attached hydrogen (secondary N) is 1. The van der Waals surface area contributed by atoms with Crippen LogP contribution in [0.3, 0.4) is 0 Å². The number of cyclic esters (lactones) is 1. The first-order valence-electron chi connectivity index (χ1n) is 13.6. The molecule has 3 N–H and O–H groups in total. The Balaban J connectivity index is 2.01. The molecular weight excluding hydrogens is 514 g/mol. The number of carbonyl (C=O) groups is 5. The Labute approximate surface area is 233 Å². The third-order valence-electron chi connectivity index (χ3n) is 7.89. The van der Waals surface area contributed by atoms with Crippen LogP contribution in [0.5, 0.6) is 5.75 Å². The van der Waals surface area contributed by atoms with Crippen molar-refractivity contribution in [2.45, 2.75) is 72.5 Å². The number of carbonyl (C=O) groups excluding carboxylic acids is 5. The number of allylic oxidation sites excluding steroid dienone is 2. The molecule has 9 nitrogen and oxygen atoms in total. The van der Waals surface area contributed by atoms with Crippen molar-refractivity contribution in [2.24, 2.45) is 17.3 Å². The Morgan fingerprint density at radius 3 is 2.45 bits per heavy atom. The lowest BCUT2D eigenvalue weighted by molar-refractivity contribution is -0.161. The van der Waals surface area contributed by atoms with E-state index in [0.29, 0.717) is 19.3 Å². The molecule has 0 saturated heterocycles. The van der Waals surface area contributed by atoms with Crippen LogP contribution in [0.4, 0.5) is 0 Å². The molecule has 212 valence electrons. The summed E-state index contributed by atoms with van der Waals surface area (Å²) in [6.07, 6.45) is 4.72. The van der Waals surface area contributed by atoms with Crippen molar-refractivity contribution < 1.29 is 38.9 Å². The number of aromatic hydroxyl groups is 1. The number of ether oxygens (including phenoxy) is 1. The second-order valence-electron chi connectivity index (χ2n) is 11.4. The van der Waals surface area contributed by atoms with Crippen molar-refractivity contribution in [1.29, 1.82) is 0 Å². The van der Waals surface area contributed by atoms with Gasteiger partial charge in [0.05, 0.1) is 11.3 Å². The van der Waals surface area contributed by atoms with Crippen molar-refractivity contribution >= 4 is 29.2 Å². The number of amides is 1. The van der Waals surface area contributed by atoms with Crippen LogP contribution in [0.2, 0.25) is 0 Å². The zero-order valence-corrected chi connectivity index (χ0v) is 23.4. The second kappa shape index (κ2) is 11.0. The third-order valence-corrected chi connectivity index (χ3v) is 7.89. The molecule has 1 aromatic carbocycles. The number of aliphatic hydroxyl groups excluding tert-OH is 1. The van der Waals surface area contributed by atoms with Gasteiger partial charge in [-0.05, 0) is 56.6 Å². The van der Waals surface area contributed by atoms with Crippen molar-refractivity contribution in [3.05, 3.63) is 63.9 Å². The average molecular weight is 550 g/mol. The largest absolute Gasteiger partial charge is 0.507 e. The quantitative estimate of drug-likeness (QED) is 0.380. The maximum absolute atomic E-state index is 14.2. The highest BCUT2D eigenvalue weighted by Crippen LogP contribution is 2.44. The summed E-state index contributed by atoms with van der Waals surface area (Å²) < 4.78 is 5.84. The van der Waals surface area contributed by atoms with Gasteiger partial charge in [-0.2, -0.15) is 0 Å². The topological polar surface area (TPSA) is 147 Å². The molecule has 3 aliphatic rings. The lowest BCUT2D eigenvalue weighted by Crippen LogP contribution is -2.43. The number of aliphatic hydroxyl groups is 1. The molecule has 0 spiro atoms. The molecule has 0 aromatic heterocycles. The number of aryl methyl sites for hydroxylation is 1. The highest BCUT2D eigenvalue weighted by atomic mass is 16.6. The van der Waals surface area contributed by atoms with E-state index in [1.807, 2.05) is 20.8 Å². The first kappa shape index (κ1) is 29.1.